The van der Waals surface area contributed by atoms with Crippen LogP contribution in [0.2, 0.25) is 0 Å². The standard InChI is InChI=1S/C12H21N2Si.2C10H9.Zr/c1-5-9-13(10-6-2)15-14(11-7-3)12-8-4;2*1-8-6-9-4-2-3-5-10(9)7-8;/h5-8,15H,1-4,9-12H2;2*2-7H,1H3;. The second kappa shape index (κ2) is 12.4. The van der Waals surface area contributed by atoms with Crippen LogP contribution >= 0.6 is 0 Å². The van der Waals surface area contributed by atoms with Gasteiger partial charge < -0.3 is 0 Å². The number of hydrogen-bond donors (Lipinski definition) is 0. The van der Waals surface area contributed by atoms with Crippen molar-refractivity contribution in [3.63, 3.8) is 0 Å². The van der Waals surface area contributed by atoms with Gasteiger partial charge in [-0.1, -0.05) is 0 Å². The Morgan fingerprint density at radius 2 is 1.03 bits per heavy atom. The Labute approximate surface area is 227 Å². The molecule has 0 heterocycles. The quantitative estimate of drug-likeness (QED) is 0.189. The monoisotopic (exact) mass is 569 g/mol. The third-order valence-corrected chi connectivity index (χ3v) is 31.0. The van der Waals surface area contributed by atoms with E-state index in [9.17, 15) is 0 Å². The summed E-state index contributed by atoms with van der Waals surface area (Å²) in [6.45, 7) is 25.0. The second-order valence-corrected chi connectivity index (χ2v) is 25.1. The van der Waals surface area contributed by atoms with E-state index in [4.69, 9.17) is 0 Å². The zero-order chi connectivity index (χ0) is 25.7. The summed E-state index contributed by atoms with van der Waals surface area (Å²) >= 11 is -2.47. The fourth-order valence-electron chi connectivity index (χ4n) is 6.17. The summed E-state index contributed by atoms with van der Waals surface area (Å²) in [6.07, 6.45) is 11.6. The summed E-state index contributed by atoms with van der Waals surface area (Å²) in [5.41, 5.74) is 9.03. The molecular weight excluding hydrogens is 532 g/mol. The number of rotatable bonds is 13. The van der Waals surface area contributed by atoms with E-state index < -0.39 is 27.2 Å². The molecule has 0 saturated heterocycles. The van der Waals surface area contributed by atoms with Gasteiger partial charge in [-0.2, -0.15) is 0 Å². The summed E-state index contributed by atoms with van der Waals surface area (Å²) < 4.78 is 6.61. The molecule has 2 unspecified atom stereocenters. The first-order valence-corrected chi connectivity index (χ1v) is 21.6. The molecule has 2 aliphatic rings. The van der Waals surface area contributed by atoms with Crippen molar-refractivity contribution in [3.05, 3.63) is 133 Å². The minimum atomic E-state index is -2.47. The van der Waals surface area contributed by atoms with Crippen molar-refractivity contribution in [1.82, 2.24) is 9.13 Å². The predicted molar refractivity (Wildman–Crippen MR) is 157 cm³/mol. The molecule has 2 aliphatic carbocycles. The van der Waals surface area contributed by atoms with Crippen LogP contribution < -0.4 is 0 Å². The minimum absolute atomic E-state index is 0.550. The first-order valence-electron chi connectivity index (χ1n) is 12.9. The molecule has 4 rings (SSSR count). The molecule has 0 fully saturated rings. The summed E-state index contributed by atoms with van der Waals surface area (Å²) in [4.78, 5) is 0. The SMILES string of the molecule is C=CCN(CC=C)[SiH](N(CC=C)CC=C)[Zr]([CH]1C(C)=Cc2ccccc21)[CH]1C(C)=Cc2ccccc21. The molecule has 0 N–H and O–H groups in total. The van der Waals surface area contributed by atoms with Gasteiger partial charge in [-0.25, -0.2) is 0 Å². The summed E-state index contributed by atoms with van der Waals surface area (Å²) in [5, 5.41) is 0. The molecule has 0 spiro atoms. The molecule has 2 aromatic rings. The van der Waals surface area contributed by atoms with E-state index in [1.807, 2.05) is 0 Å². The van der Waals surface area contributed by atoms with Crippen LogP contribution in [0.4, 0.5) is 0 Å². The van der Waals surface area contributed by atoms with Gasteiger partial charge in [0, 0.05) is 0 Å². The molecule has 185 valence electrons. The van der Waals surface area contributed by atoms with Gasteiger partial charge in [-0.05, 0) is 0 Å². The number of hydrogen-bond acceptors (Lipinski definition) is 2. The van der Waals surface area contributed by atoms with E-state index in [1.54, 1.807) is 22.3 Å². The van der Waals surface area contributed by atoms with Crippen LogP contribution in [0.1, 0.15) is 43.4 Å². The van der Waals surface area contributed by atoms with Gasteiger partial charge in [0.05, 0.1) is 0 Å². The van der Waals surface area contributed by atoms with E-state index in [2.05, 4.69) is 134 Å². The Kier molecular flexibility index (Phi) is 9.30. The van der Waals surface area contributed by atoms with Gasteiger partial charge in [0.2, 0.25) is 0 Å². The average Bonchev–Trinajstić information content (AvgIpc) is 3.38. The molecule has 0 aliphatic heterocycles. The molecule has 4 heteroatoms. The third kappa shape index (κ3) is 5.29. The molecule has 0 amide bonds. The Balaban J connectivity index is 1.97. The Hall–Kier alpha value is -2.10. The number of nitrogens with zero attached hydrogens (tertiary/aromatic N) is 2. The molecule has 36 heavy (non-hydrogen) atoms. The van der Waals surface area contributed by atoms with Crippen molar-refractivity contribution in [1.29, 1.82) is 0 Å². The molecule has 2 atom stereocenters. The van der Waals surface area contributed by atoms with E-state index in [0.29, 0.717) is 7.25 Å². The summed E-state index contributed by atoms with van der Waals surface area (Å²) in [7, 11) is 0. The molecule has 0 aromatic heterocycles. The maximum atomic E-state index is 4.16. The Morgan fingerprint density at radius 1 is 0.667 bits per heavy atom. The zero-order valence-corrected chi connectivity index (χ0v) is 25.5. The fourth-order valence-corrected chi connectivity index (χ4v) is 35.3. The van der Waals surface area contributed by atoms with Crippen molar-refractivity contribution in [2.45, 2.75) is 21.1 Å². The van der Waals surface area contributed by atoms with Gasteiger partial charge >= 0.3 is 228 Å². The van der Waals surface area contributed by atoms with Crippen LogP contribution in [0, 0.1) is 0 Å². The van der Waals surface area contributed by atoms with Crippen molar-refractivity contribution in [2.24, 2.45) is 0 Å². The van der Waals surface area contributed by atoms with Crippen molar-refractivity contribution in [3.8, 4) is 0 Å². The maximum absolute atomic E-state index is 4.16. The van der Waals surface area contributed by atoms with Crippen LogP contribution in [0.15, 0.2) is 110 Å². The number of allylic oxidation sites excluding steroid dienone is 2. The van der Waals surface area contributed by atoms with Crippen molar-refractivity contribution >= 4 is 18.4 Å². The topological polar surface area (TPSA) is 6.48 Å². The molecule has 2 nitrogen and oxygen atoms in total. The normalized spacial score (nSPS) is 18.0. The molecule has 0 radical (unpaired) electrons. The molecule has 2 aromatic carbocycles. The zero-order valence-electron chi connectivity index (χ0n) is 21.9. The van der Waals surface area contributed by atoms with Gasteiger partial charge in [-0.3, -0.25) is 0 Å². The van der Waals surface area contributed by atoms with Crippen molar-refractivity contribution < 1.29 is 20.9 Å². The first-order chi connectivity index (χ1) is 17.5. The molecular formula is C32H39N2SiZr. The number of fused-ring (bicyclic) bond motifs is 2. The van der Waals surface area contributed by atoms with Crippen LogP contribution in [0.25, 0.3) is 12.2 Å². The van der Waals surface area contributed by atoms with Gasteiger partial charge in [0.25, 0.3) is 0 Å². The van der Waals surface area contributed by atoms with Crippen LogP contribution in [0.3, 0.4) is 0 Å². The second-order valence-electron chi connectivity index (χ2n) is 9.84. The van der Waals surface area contributed by atoms with E-state index in [-0.39, 0.29) is 0 Å². The van der Waals surface area contributed by atoms with Crippen LogP contribution in [-0.4, -0.2) is 41.6 Å². The van der Waals surface area contributed by atoms with Crippen LogP contribution in [-0.2, 0) is 20.9 Å². The van der Waals surface area contributed by atoms with E-state index >= 15 is 0 Å². The van der Waals surface area contributed by atoms with Crippen molar-refractivity contribution in [2.75, 3.05) is 26.2 Å². The Morgan fingerprint density at radius 3 is 1.39 bits per heavy atom. The average molecular weight is 571 g/mol. The summed E-state index contributed by atoms with van der Waals surface area (Å²) in [5.74, 6) is 0. The van der Waals surface area contributed by atoms with E-state index in [1.165, 1.54) is 11.1 Å². The first kappa shape index (κ1) is 26.9. The van der Waals surface area contributed by atoms with Gasteiger partial charge in [0.1, 0.15) is 0 Å². The van der Waals surface area contributed by atoms with Gasteiger partial charge in [-0.15, -0.1) is 0 Å². The number of benzene rings is 2. The fraction of sp³-hybridized carbons (Fsp3) is 0.250. The Bertz CT molecular complexity index is 1080. The molecule has 0 bridgehead atoms. The third-order valence-electron chi connectivity index (χ3n) is 7.40. The summed E-state index contributed by atoms with van der Waals surface area (Å²) in [6, 6.07) is 18.2. The predicted octanol–water partition coefficient (Wildman–Crippen LogP) is 6.99. The van der Waals surface area contributed by atoms with Crippen LogP contribution in [0.5, 0.6) is 0 Å². The van der Waals surface area contributed by atoms with Gasteiger partial charge in [0.15, 0.2) is 0 Å². The molecule has 0 saturated carbocycles. The van der Waals surface area contributed by atoms with E-state index in [0.717, 1.165) is 26.2 Å².